The molecule has 8 heteroatoms. The normalized spacial score (nSPS) is 16.2. The van der Waals surface area contributed by atoms with Gasteiger partial charge in [-0.1, -0.05) is 0 Å². The van der Waals surface area contributed by atoms with E-state index in [0.717, 1.165) is 39.2 Å². The second-order valence-electron chi connectivity index (χ2n) is 6.74. The quantitative estimate of drug-likeness (QED) is 0.599. The predicted octanol–water partition coefficient (Wildman–Crippen LogP) is 3.25. The average molecular weight is 352 g/mol. The Balaban J connectivity index is 1.81. The molecule has 0 atom stereocenters. The molecule has 0 unspecified atom stereocenters. The van der Waals surface area contributed by atoms with E-state index in [1.807, 2.05) is 17.0 Å². The van der Waals surface area contributed by atoms with Crippen LogP contribution in [0.25, 0.3) is 33.5 Å². The topological polar surface area (TPSA) is 81.5 Å². The molecule has 5 heterocycles. The third kappa shape index (κ3) is 2.29. The number of rotatable bonds is 2. The van der Waals surface area contributed by atoms with Crippen molar-refractivity contribution in [3.8, 4) is 22.5 Å². The zero-order valence-electron chi connectivity index (χ0n) is 13.9. The van der Waals surface area contributed by atoms with E-state index in [1.54, 1.807) is 23.7 Å². The summed E-state index contributed by atoms with van der Waals surface area (Å²) in [6, 6.07) is 2.01. The zero-order chi connectivity index (χ0) is 17.0. The van der Waals surface area contributed by atoms with Crippen LogP contribution in [0.2, 0.25) is 0 Å². The van der Waals surface area contributed by atoms with Gasteiger partial charge in [0.25, 0.3) is 0 Å². The number of ether oxygens (including phenoxy) is 1. The van der Waals surface area contributed by atoms with Crippen molar-refractivity contribution < 1.29 is 4.74 Å². The molecule has 0 spiro atoms. The zero-order valence-corrected chi connectivity index (χ0v) is 14.7. The summed E-state index contributed by atoms with van der Waals surface area (Å²) in [5.41, 5.74) is 7.28. The molecule has 4 aromatic rings. The Bertz CT molecular complexity index is 1060. The molecule has 0 saturated heterocycles. The highest BCUT2D eigenvalue weighted by molar-refractivity contribution is 7.07. The number of fused-ring (bicyclic) bond motifs is 2. The number of nitrogens with one attached hydrogen (secondary N) is 1. The van der Waals surface area contributed by atoms with Crippen LogP contribution < -0.4 is 0 Å². The Morgan fingerprint density at radius 3 is 3.08 bits per heavy atom. The fourth-order valence-corrected chi connectivity index (χ4v) is 3.84. The first kappa shape index (κ1) is 14.7. The second kappa shape index (κ2) is 5.21. The van der Waals surface area contributed by atoms with Crippen LogP contribution in [0.15, 0.2) is 29.4 Å². The Labute approximate surface area is 147 Å². The first-order chi connectivity index (χ1) is 12.1. The number of thiazole rings is 1. The highest BCUT2D eigenvalue weighted by Gasteiger charge is 2.32. The van der Waals surface area contributed by atoms with Crippen molar-refractivity contribution >= 4 is 22.4 Å². The predicted molar refractivity (Wildman–Crippen MR) is 95.1 cm³/mol. The van der Waals surface area contributed by atoms with Gasteiger partial charge in [0, 0.05) is 28.1 Å². The molecule has 0 bridgehead atoms. The van der Waals surface area contributed by atoms with E-state index >= 15 is 0 Å². The van der Waals surface area contributed by atoms with Crippen LogP contribution in [0.3, 0.4) is 0 Å². The van der Waals surface area contributed by atoms with Crippen LogP contribution in [-0.2, 0) is 17.9 Å². The number of aromatic amines is 1. The molecule has 1 aliphatic rings. The van der Waals surface area contributed by atoms with Crippen LogP contribution in [0.5, 0.6) is 0 Å². The van der Waals surface area contributed by atoms with Crippen LogP contribution in [-0.4, -0.2) is 35.5 Å². The molecule has 0 amide bonds. The van der Waals surface area contributed by atoms with Gasteiger partial charge < -0.3 is 4.74 Å². The second-order valence-corrected chi connectivity index (χ2v) is 7.46. The van der Waals surface area contributed by atoms with Gasteiger partial charge in [-0.25, -0.2) is 9.97 Å². The summed E-state index contributed by atoms with van der Waals surface area (Å²) >= 11 is 1.57. The van der Waals surface area contributed by atoms with Crippen LogP contribution in [0.1, 0.15) is 19.5 Å². The summed E-state index contributed by atoms with van der Waals surface area (Å²) in [4.78, 5) is 8.83. The number of hydrogen-bond acceptors (Lipinski definition) is 6. The van der Waals surface area contributed by atoms with Crippen molar-refractivity contribution in [3.05, 3.63) is 35.0 Å². The molecular formula is C17H16N6OS. The van der Waals surface area contributed by atoms with Gasteiger partial charge in [-0.15, -0.1) is 11.3 Å². The molecule has 25 heavy (non-hydrogen) atoms. The largest absolute Gasteiger partial charge is 0.367 e. The highest BCUT2D eigenvalue weighted by Crippen LogP contribution is 2.40. The molecule has 7 nitrogen and oxygen atoms in total. The molecule has 0 aliphatic carbocycles. The van der Waals surface area contributed by atoms with Crippen molar-refractivity contribution in [1.82, 2.24) is 29.9 Å². The Morgan fingerprint density at radius 2 is 2.24 bits per heavy atom. The first-order valence-electron chi connectivity index (χ1n) is 8.03. The van der Waals surface area contributed by atoms with E-state index in [-0.39, 0.29) is 5.60 Å². The van der Waals surface area contributed by atoms with Gasteiger partial charge in [0.2, 0.25) is 0 Å². The maximum absolute atomic E-state index is 6.06. The fraction of sp³-hybridized carbons (Fsp3) is 0.294. The number of aromatic nitrogens is 6. The molecule has 1 N–H and O–H groups in total. The molecule has 126 valence electrons. The third-order valence-electron chi connectivity index (χ3n) is 4.49. The van der Waals surface area contributed by atoms with E-state index in [2.05, 4.69) is 38.7 Å². The summed E-state index contributed by atoms with van der Waals surface area (Å²) in [6.45, 7) is 5.39. The standard InChI is InChI=1S/C17H16N6OS/c1-17(2)8-23-13(6-24-17)14(15(22-23)12-7-25-9-19-12)10-3-4-18-16-11(10)5-20-21-16/h3-5,7,9H,6,8H2,1-2H3,(H,18,20,21). The molecule has 0 saturated carbocycles. The van der Waals surface area contributed by atoms with Gasteiger partial charge in [0.05, 0.1) is 36.2 Å². The smallest absolute Gasteiger partial charge is 0.155 e. The van der Waals surface area contributed by atoms with Crippen LogP contribution >= 0.6 is 11.3 Å². The summed E-state index contributed by atoms with van der Waals surface area (Å²) in [5, 5.41) is 15.0. The number of H-pyrrole nitrogens is 1. The van der Waals surface area contributed by atoms with E-state index < -0.39 is 0 Å². The number of hydrogen-bond donors (Lipinski definition) is 1. The van der Waals surface area contributed by atoms with E-state index in [1.165, 1.54) is 0 Å². The van der Waals surface area contributed by atoms with E-state index in [0.29, 0.717) is 13.2 Å². The van der Waals surface area contributed by atoms with Crippen molar-refractivity contribution in [2.24, 2.45) is 0 Å². The summed E-state index contributed by atoms with van der Waals surface area (Å²) in [6.07, 6.45) is 3.60. The minimum absolute atomic E-state index is 0.237. The summed E-state index contributed by atoms with van der Waals surface area (Å²) < 4.78 is 8.12. The molecule has 4 aromatic heterocycles. The van der Waals surface area contributed by atoms with Crippen molar-refractivity contribution in [1.29, 1.82) is 0 Å². The van der Waals surface area contributed by atoms with Gasteiger partial charge in [-0.3, -0.25) is 9.78 Å². The number of pyridine rings is 1. The minimum atomic E-state index is -0.237. The SMILES string of the molecule is CC1(C)Cn2nc(-c3cscn3)c(-c3ccnc4[nH]ncc34)c2CO1. The van der Waals surface area contributed by atoms with Crippen molar-refractivity contribution in [2.45, 2.75) is 32.6 Å². The number of nitrogens with zero attached hydrogens (tertiary/aromatic N) is 5. The van der Waals surface area contributed by atoms with Crippen molar-refractivity contribution in [3.63, 3.8) is 0 Å². The summed E-state index contributed by atoms with van der Waals surface area (Å²) in [7, 11) is 0. The lowest BCUT2D eigenvalue weighted by Crippen LogP contribution is -2.36. The third-order valence-corrected chi connectivity index (χ3v) is 5.07. The van der Waals surface area contributed by atoms with Gasteiger partial charge in [-0.2, -0.15) is 10.2 Å². The minimum Gasteiger partial charge on any atom is -0.367 e. The fourth-order valence-electron chi connectivity index (χ4n) is 3.31. The molecule has 0 aromatic carbocycles. The summed E-state index contributed by atoms with van der Waals surface area (Å²) in [5.74, 6) is 0. The lowest BCUT2D eigenvalue weighted by Gasteiger charge is -2.31. The maximum Gasteiger partial charge on any atom is 0.155 e. The van der Waals surface area contributed by atoms with Crippen LogP contribution in [0, 0.1) is 0 Å². The van der Waals surface area contributed by atoms with Gasteiger partial charge in [0.1, 0.15) is 11.4 Å². The Kier molecular flexibility index (Phi) is 3.07. The lowest BCUT2D eigenvalue weighted by molar-refractivity contribution is -0.0657. The average Bonchev–Trinajstić information content (AvgIpc) is 3.31. The van der Waals surface area contributed by atoms with Gasteiger partial charge in [-0.05, 0) is 19.9 Å². The monoisotopic (exact) mass is 352 g/mol. The Hall–Kier alpha value is -2.58. The van der Waals surface area contributed by atoms with Gasteiger partial charge in [0.15, 0.2) is 5.65 Å². The van der Waals surface area contributed by atoms with E-state index in [4.69, 9.17) is 9.84 Å². The van der Waals surface area contributed by atoms with E-state index in [9.17, 15) is 0 Å². The molecule has 0 fully saturated rings. The molecular weight excluding hydrogens is 336 g/mol. The molecule has 5 rings (SSSR count). The van der Waals surface area contributed by atoms with Crippen molar-refractivity contribution in [2.75, 3.05) is 0 Å². The lowest BCUT2D eigenvalue weighted by atomic mass is 9.99. The molecule has 1 aliphatic heterocycles. The van der Waals surface area contributed by atoms with Crippen LogP contribution in [0.4, 0.5) is 0 Å². The molecule has 0 radical (unpaired) electrons. The highest BCUT2D eigenvalue weighted by atomic mass is 32.1. The Morgan fingerprint density at radius 1 is 1.32 bits per heavy atom. The van der Waals surface area contributed by atoms with Gasteiger partial charge >= 0.3 is 0 Å². The first-order valence-corrected chi connectivity index (χ1v) is 8.97. The maximum atomic E-state index is 6.06.